The van der Waals surface area contributed by atoms with Crippen LogP contribution in [-0.2, 0) is 14.3 Å². The molecular formula is C21H25N3O3. The van der Waals surface area contributed by atoms with Crippen LogP contribution >= 0.6 is 0 Å². The molecular weight excluding hydrogens is 342 g/mol. The van der Waals surface area contributed by atoms with Crippen LogP contribution in [0.2, 0.25) is 0 Å². The molecule has 2 N–H and O–H groups in total. The zero-order chi connectivity index (χ0) is 19.2. The first-order valence-corrected chi connectivity index (χ1v) is 9.14. The van der Waals surface area contributed by atoms with E-state index in [9.17, 15) is 9.59 Å². The number of nitrogens with zero attached hydrogens (tertiary/aromatic N) is 1. The number of amides is 2. The lowest BCUT2D eigenvalue weighted by Gasteiger charge is -2.29. The van der Waals surface area contributed by atoms with E-state index in [0.29, 0.717) is 18.9 Å². The van der Waals surface area contributed by atoms with Crippen molar-refractivity contribution in [2.24, 2.45) is 0 Å². The summed E-state index contributed by atoms with van der Waals surface area (Å²) in [7, 11) is 0. The molecule has 6 heteroatoms. The summed E-state index contributed by atoms with van der Waals surface area (Å²) in [5.41, 5.74) is 3.71. The summed E-state index contributed by atoms with van der Waals surface area (Å²) < 4.78 is 5.36. The van der Waals surface area contributed by atoms with Crippen LogP contribution in [0.1, 0.15) is 24.1 Å². The van der Waals surface area contributed by atoms with E-state index in [1.165, 1.54) is 0 Å². The molecule has 27 heavy (non-hydrogen) atoms. The highest BCUT2D eigenvalue weighted by Crippen LogP contribution is 2.20. The lowest BCUT2D eigenvalue weighted by atomic mass is 10.1. The highest BCUT2D eigenvalue weighted by molar-refractivity contribution is 6.39. The van der Waals surface area contributed by atoms with Crippen molar-refractivity contribution in [3.05, 3.63) is 59.7 Å². The SMILES string of the molecule is Cc1ccc(C(C)NC(=O)C(=O)Nc2cccc(N3CCOCC3)c2)cc1. The van der Waals surface area contributed by atoms with Gasteiger partial charge in [-0.15, -0.1) is 0 Å². The van der Waals surface area contributed by atoms with Crippen molar-refractivity contribution in [2.75, 3.05) is 36.5 Å². The number of aryl methyl sites for hydroxylation is 1. The second-order valence-corrected chi connectivity index (χ2v) is 6.71. The number of morpholine rings is 1. The lowest BCUT2D eigenvalue weighted by Crippen LogP contribution is -2.37. The summed E-state index contributed by atoms with van der Waals surface area (Å²) in [6, 6.07) is 15.1. The van der Waals surface area contributed by atoms with Crippen molar-refractivity contribution in [1.29, 1.82) is 0 Å². The highest BCUT2D eigenvalue weighted by atomic mass is 16.5. The van der Waals surface area contributed by atoms with Gasteiger partial charge in [0.05, 0.1) is 19.3 Å². The maximum atomic E-state index is 12.3. The van der Waals surface area contributed by atoms with E-state index in [-0.39, 0.29) is 6.04 Å². The first kappa shape index (κ1) is 18.9. The van der Waals surface area contributed by atoms with Crippen molar-refractivity contribution >= 4 is 23.2 Å². The Hall–Kier alpha value is -2.86. The van der Waals surface area contributed by atoms with E-state index in [2.05, 4.69) is 15.5 Å². The minimum atomic E-state index is -0.673. The Morgan fingerprint density at radius 2 is 1.74 bits per heavy atom. The fourth-order valence-electron chi connectivity index (χ4n) is 2.99. The van der Waals surface area contributed by atoms with E-state index in [1.807, 2.05) is 56.3 Å². The minimum absolute atomic E-state index is 0.247. The molecule has 1 atom stereocenters. The maximum Gasteiger partial charge on any atom is 0.313 e. The Bertz CT molecular complexity index is 799. The molecule has 2 amide bonds. The summed E-state index contributed by atoms with van der Waals surface area (Å²) in [4.78, 5) is 26.7. The molecule has 0 aliphatic carbocycles. The van der Waals surface area contributed by atoms with Gasteiger partial charge < -0.3 is 20.3 Å². The molecule has 2 aromatic rings. The van der Waals surface area contributed by atoms with E-state index < -0.39 is 11.8 Å². The van der Waals surface area contributed by atoms with Crippen LogP contribution in [0, 0.1) is 6.92 Å². The van der Waals surface area contributed by atoms with E-state index in [4.69, 9.17) is 4.74 Å². The quantitative estimate of drug-likeness (QED) is 0.815. The third-order valence-corrected chi connectivity index (χ3v) is 4.61. The van der Waals surface area contributed by atoms with Crippen LogP contribution in [0.25, 0.3) is 0 Å². The molecule has 6 nitrogen and oxygen atoms in total. The third kappa shape index (κ3) is 5.08. The van der Waals surface area contributed by atoms with Crippen molar-refractivity contribution in [1.82, 2.24) is 5.32 Å². The Morgan fingerprint density at radius 3 is 2.44 bits per heavy atom. The number of nitrogens with one attached hydrogen (secondary N) is 2. The van der Waals surface area contributed by atoms with Crippen molar-refractivity contribution in [2.45, 2.75) is 19.9 Å². The second-order valence-electron chi connectivity index (χ2n) is 6.71. The summed E-state index contributed by atoms with van der Waals surface area (Å²) in [5.74, 6) is -1.33. The summed E-state index contributed by atoms with van der Waals surface area (Å²) in [5, 5.41) is 5.41. The van der Waals surface area contributed by atoms with Crippen LogP contribution in [0.5, 0.6) is 0 Å². The standard InChI is InChI=1S/C21H25N3O3/c1-15-6-8-17(9-7-15)16(2)22-20(25)21(26)23-18-4-3-5-19(14-18)24-10-12-27-13-11-24/h3-9,14,16H,10-13H2,1-2H3,(H,22,25)(H,23,26). The Balaban J connectivity index is 1.59. The smallest absolute Gasteiger partial charge is 0.313 e. The van der Waals surface area contributed by atoms with E-state index >= 15 is 0 Å². The number of carbonyl (C=O) groups excluding carboxylic acids is 2. The van der Waals surface area contributed by atoms with Gasteiger partial charge in [0.2, 0.25) is 0 Å². The fraction of sp³-hybridized carbons (Fsp3) is 0.333. The number of carbonyl (C=O) groups is 2. The first-order valence-electron chi connectivity index (χ1n) is 9.14. The monoisotopic (exact) mass is 367 g/mol. The zero-order valence-corrected chi connectivity index (χ0v) is 15.7. The Morgan fingerprint density at radius 1 is 1.04 bits per heavy atom. The van der Waals surface area contributed by atoms with E-state index in [1.54, 1.807) is 6.07 Å². The van der Waals surface area contributed by atoms with Gasteiger partial charge in [0, 0.05) is 24.5 Å². The zero-order valence-electron chi connectivity index (χ0n) is 15.7. The normalized spacial score (nSPS) is 15.1. The average Bonchev–Trinajstić information content (AvgIpc) is 2.69. The predicted molar refractivity (Wildman–Crippen MR) is 106 cm³/mol. The summed E-state index contributed by atoms with van der Waals surface area (Å²) >= 11 is 0. The second kappa shape index (κ2) is 8.68. The van der Waals surface area contributed by atoms with Crippen LogP contribution in [0.3, 0.4) is 0 Å². The van der Waals surface area contributed by atoms with Gasteiger partial charge in [0.1, 0.15) is 0 Å². The van der Waals surface area contributed by atoms with Gasteiger partial charge in [-0.3, -0.25) is 9.59 Å². The van der Waals surface area contributed by atoms with Gasteiger partial charge in [-0.25, -0.2) is 0 Å². The summed E-state index contributed by atoms with van der Waals surface area (Å²) in [6.07, 6.45) is 0. The molecule has 1 aliphatic heterocycles. The number of rotatable bonds is 4. The van der Waals surface area contributed by atoms with Gasteiger partial charge in [0.15, 0.2) is 0 Å². The first-order chi connectivity index (χ1) is 13.0. The molecule has 3 rings (SSSR count). The Kier molecular flexibility index (Phi) is 6.08. The van der Waals surface area contributed by atoms with Gasteiger partial charge in [0.25, 0.3) is 0 Å². The fourth-order valence-corrected chi connectivity index (χ4v) is 2.99. The Labute approximate surface area is 159 Å². The third-order valence-electron chi connectivity index (χ3n) is 4.61. The van der Waals surface area contributed by atoms with E-state index in [0.717, 1.165) is 29.9 Å². The summed E-state index contributed by atoms with van der Waals surface area (Å²) in [6.45, 7) is 6.87. The largest absolute Gasteiger partial charge is 0.378 e. The molecule has 0 bridgehead atoms. The highest BCUT2D eigenvalue weighted by Gasteiger charge is 2.18. The van der Waals surface area contributed by atoms with Crippen LogP contribution in [0.4, 0.5) is 11.4 Å². The minimum Gasteiger partial charge on any atom is -0.378 e. The molecule has 1 aliphatic rings. The van der Waals surface area contributed by atoms with Crippen molar-refractivity contribution < 1.29 is 14.3 Å². The topological polar surface area (TPSA) is 70.7 Å². The predicted octanol–water partition coefficient (Wildman–Crippen LogP) is 2.65. The average molecular weight is 367 g/mol. The van der Waals surface area contributed by atoms with Gasteiger partial charge >= 0.3 is 11.8 Å². The van der Waals surface area contributed by atoms with Crippen LogP contribution in [-0.4, -0.2) is 38.1 Å². The van der Waals surface area contributed by atoms with Crippen molar-refractivity contribution in [3.8, 4) is 0 Å². The van der Waals surface area contributed by atoms with Gasteiger partial charge in [-0.1, -0.05) is 35.9 Å². The molecule has 0 aromatic heterocycles. The van der Waals surface area contributed by atoms with Crippen LogP contribution < -0.4 is 15.5 Å². The lowest BCUT2D eigenvalue weighted by molar-refractivity contribution is -0.136. The molecule has 0 saturated carbocycles. The molecule has 1 saturated heterocycles. The number of benzene rings is 2. The van der Waals surface area contributed by atoms with Gasteiger partial charge in [-0.05, 0) is 37.6 Å². The molecule has 1 heterocycles. The van der Waals surface area contributed by atoms with Gasteiger partial charge in [-0.2, -0.15) is 0 Å². The molecule has 0 radical (unpaired) electrons. The number of hydrogen-bond donors (Lipinski definition) is 2. The molecule has 1 unspecified atom stereocenters. The maximum absolute atomic E-state index is 12.3. The molecule has 142 valence electrons. The molecule has 1 fully saturated rings. The van der Waals surface area contributed by atoms with Crippen LogP contribution in [0.15, 0.2) is 48.5 Å². The number of ether oxygens (including phenoxy) is 1. The van der Waals surface area contributed by atoms with Crippen molar-refractivity contribution in [3.63, 3.8) is 0 Å². The molecule has 2 aromatic carbocycles. The number of hydrogen-bond acceptors (Lipinski definition) is 4. The number of anilines is 2. The molecule has 0 spiro atoms.